The van der Waals surface area contributed by atoms with Crippen LogP contribution in [0.4, 0.5) is 0 Å². The second-order valence-corrected chi connectivity index (χ2v) is 2.87. The van der Waals surface area contributed by atoms with Gasteiger partial charge in [-0.1, -0.05) is 6.07 Å². The van der Waals surface area contributed by atoms with E-state index in [4.69, 9.17) is 11.6 Å². The smallest absolute Gasteiger partial charge is 0.242 e. The Morgan fingerprint density at radius 3 is 2.85 bits per heavy atom. The number of aromatic nitrogens is 4. The van der Waals surface area contributed by atoms with Crippen molar-refractivity contribution >= 4 is 11.6 Å². The van der Waals surface area contributed by atoms with Crippen molar-refractivity contribution in [1.82, 2.24) is 19.7 Å². The van der Waals surface area contributed by atoms with Crippen LogP contribution in [0.2, 0.25) is 5.28 Å². The molecule has 0 spiro atoms. The van der Waals surface area contributed by atoms with Gasteiger partial charge >= 0.3 is 0 Å². The molecule has 0 aromatic carbocycles. The first-order chi connectivity index (χ1) is 6.34. The van der Waals surface area contributed by atoms with Crippen molar-refractivity contribution in [2.24, 2.45) is 0 Å². The zero-order valence-corrected chi connectivity index (χ0v) is 7.52. The molecule has 2 rings (SSSR count). The predicted octanol–water partition coefficient (Wildman–Crippen LogP) is 1.37. The van der Waals surface area contributed by atoms with Gasteiger partial charge in [-0.25, -0.2) is 9.67 Å². The first-order valence-electron chi connectivity index (χ1n) is 3.79. The average molecular weight is 195 g/mol. The summed E-state index contributed by atoms with van der Waals surface area (Å²) in [6.07, 6.45) is 3.32. The molecule has 0 saturated carbocycles. The highest BCUT2D eigenvalue weighted by molar-refractivity contribution is 6.28. The third-order valence-electron chi connectivity index (χ3n) is 1.56. The van der Waals surface area contributed by atoms with Crippen molar-refractivity contribution in [3.8, 4) is 0 Å². The van der Waals surface area contributed by atoms with Gasteiger partial charge in [0.05, 0.1) is 12.2 Å². The van der Waals surface area contributed by atoms with E-state index >= 15 is 0 Å². The molecular weight excluding hydrogens is 188 g/mol. The van der Waals surface area contributed by atoms with E-state index in [1.54, 1.807) is 17.2 Å². The molecule has 0 aliphatic carbocycles. The number of nitrogens with zero attached hydrogens (tertiary/aromatic N) is 4. The summed E-state index contributed by atoms with van der Waals surface area (Å²) in [5, 5.41) is 4.20. The minimum Gasteiger partial charge on any atom is -0.259 e. The number of pyridine rings is 1. The second kappa shape index (κ2) is 3.53. The Morgan fingerprint density at radius 2 is 2.23 bits per heavy atom. The van der Waals surface area contributed by atoms with E-state index in [1.807, 2.05) is 18.2 Å². The van der Waals surface area contributed by atoms with Gasteiger partial charge in [-0.3, -0.25) is 4.98 Å². The lowest BCUT2D eigenvalue weighted by Crippen LogP contribution is -2.01. The van der Waals surface area contributed by atoms with Crippen LogP contribution in [0.15, 0.2) is 30.7 Å². The predicted molar refractivity (Wildman–Crippen MR) is 48.4 cm³/mol. The molecule has 0 fully saturated rings. The molecule has 0 N–H and O–H groups in total. The van der Waals surface area contributed by atoms with Crippen LogP contribution in [-0.2, 0) is 6.54 Å². The molecule has 0 aliphatic heterocycles. The highest BCUT2D eigenvalue weighted by Gasteiger charge is 1.98. The van der Waals surface area contributed by atoms with Gasteiger partial charge in [-0.05, 0) is 23.7 Å². The minimum absolute atomic E-state index is 0.260. The minimum atomic E-state index is 0.260. The van der Waals surface area contributed by atoms with Gasteiger partial charge in [-0.15, -0.1) is 5.10 Å². The maximum Gasteiger partial charge on any atom is 0.242 e. The van der Waals surface area contributed by atoms with Crippen LogP contribution in [0.3, 0.4) is 0 Å². The van der Waals surface area contributed by atoms with Crippen LogP contribution < -0.4 is 0 Å². The second-order valence-electron chi connectivity index (χ2n) is 2.53. The molecule has 0 saturated heterocycles. The maximum absolute atomic E-state index is 5.56. The van der Waals surface area contributed by atoms with Crippen LogP contribution in [0.25, 0.3) is 0 Å². The summed E-state index contributed by atoms with van der Waals surface area (Å²) in [6, 6.07) is 5.73. The highest BCUT2D eigenvalue weighted by atomic mass is 35.5. The molecule has 0 atom stereocenters. The molecule has 2 aromatic rings. The highest BCUT2D eigenvalue weighted by Crippen LogP contribution is 2.00. The topological polar surface area (TPSA) is 43.6 Å². The molecule has 2 aromatic heterocycles. The van der Waals surface area contributed by atoms with Crippen LogP contribution in [0.5, 0.6) is 0 Å². The maximum atomic E-state index is 5.56. The van der Waals surface area contributed by atoms with Gasteiger partial charge in [0.15, 0.2) is 0 Å². The van der Waals surface area contributed by atoms with Crippen molar-refractivity contribution < 1.29 is 0 Å². The van der Waals surface area contributed by atoms with Gasteiger partial charge in [0.25, 0.3) is 0 Å². The Bertz CT molecular complexity index is 384. The van der Waals surface area contributed by atoms with Gasteiger partial charge in [-0.2, -0.15) is 0 Å². The van der Waals surface area contributed by atoms with E-state index in [0.717, 1.165) is 5.69 Å². The number of halogens is 1. The van der Waals surface area contributed by atoms with E-state index in [-0.39, 0.29) is 5.28 Å². The summed E-state index contributed by atoms with van der Waals surface area (Å²) in [4.78, 5) is 7.95. The van der Waals surface area contributed by atoms with Gasteiger partial charge in [0.1, 0.15) is 6.33 Å². The van der Waals surface area contributed by atoms with E-state index in [2.05, 4.69) is 15.1 Å². The lowest BCUT2D eigenvalue weighted by atomic mass is 10.3. The summed E-state index contributed by atoms with van der Waals surface area (Å²) in [5.74, 6) is 0. The largest absolute Gasteiger partial charge is 0.259 e. The van der Waals surface area contributed by atoms with Crippen molar-refractivity contribution in [3.05, 3.63) is 41.7 Å². The van der Waals surface area contributed by atoms with Crippen molar-refractivity contribution in [2.75, 3.05) is 0 Å². The lowest BCUT2D eigenvalue weighted by Gasteiger charge is -1.97. The van der Waals surface area contributed by atoms with E-state index in [9.17, 15) is 0 Å². The molecule has 0 aliphatic rings. The van der Waals surface area contributed by atoms with Crippen molar-refractivity contribution in [1.29, 1.82) is 0 Å². The van der Waals surface area contributed by atoms with Crippen LogP contribution in [0.1, 0.15) is 5.69 Å². The van der Waals surface area contributed by atoms with Gasteiger partial charge in [0, 0.05) is 6.20 Å². The van der Waals surface area contributed by atoms with Gasteiger partial charge < -0.3 is 0 Å². The number of hydrogen-bond acceptors (Lipinski definition) is 3. The molecule has 66 valence electrons. The summed E-state index contributed by atoms with van der Waals surface area (Å²) < 4.78 is 1.64. The third-order valence-corrected chi connectivity index (χ3v) is 1.73. The van der Waals surface area contributed by atoms with E-state index in [1.165, 1.54) is 0 Å². The molecular formula is C8H7ClN4. The Kier molecular flexibility index (Phi) is 2.23. The first-order valence-corrected chi connectivity index (χ1v) is 4.17. The number of hydrogen-bond donors (Lipinski definition) is 0. The zero-order chi connectivity index (χ0) is 9.10. The monoisotopic (exact) mass is 194 g/mol. The fourth-order valence-corrected chi connectivity index (χ4v) is 1.15. The summed E-state index contributed by atoms with van der Waals surface area (Å²) in [6.45, 7) is 0.598. The summed E-state index contributed by atoms with van der Waals surface area (Å²) >= 11 is 5.56. The molecule has 0 radical (unpaired) electrons. The number of rotatable bonds is 2. The Morgan fingerprint density at radius 1 is 1.31 bits per heavy atom. The zero-order valence-electron chi connectivity index (χ0n) is 6.76. The molecule has 0 bridgehead atoms. The van der Waals surface area contributed by atoms with Gasteiger partial charge in [0.2, 0.25) is 5.28 Å². The van der Waals surface area contributed by atoms with Crippen LogP contribution in [-0.4, -0.2) is 19.7 Å². The van der Waals surface area contributed by atoms with Crippen LogP contribution >= 0.6 is 11.6 Å². The third kappa shape index (κ3) is 2.03. The normalized spacial score (nSPS) is 10.2. The van der Waals surface area contributed by atoms with Crippen LogP contribution in [0, 0.1) is 0 Å². The average Bonchev–Trinajstić information content (AvgIpc) is 2.53. The lowest BCUT2D eigenvalue weighted by molar-refractivity contribution is 0.671. The first kappa shape index (κ1) is 8.19. The molecule has 0 amide bonds. The van der Waals surface area contributed by atoms with E-state index < -0.39 is 0 Å². The van der Waals surface area contributed by atoms with E-state index in [0.29, 0.717) is 6.54 Å². The van der Waals surface area contributed by atoms with Crippen molar-refractivity contribution in [3.63, 3.8) is 0 Å². The SMILES string of the molecule is Clc1ncn(Cc2ccccn2)n1. The molecule has 5 heteroatoms. The summed E-state index contributed by atoms with van der Waals surface area (Å²) in [7, 11) is 0. The Labute approximate surface area is 80.2 Å². The fraction of sp³-hybridized carbons (Fsp3) is 0.125. The molecule has 2 heterocycles. The molecule has 13 heavy (non-hydrogen) atoms. The standard InChI is InChI=1S/C8H7ClN4/c9-8-11-6-13(12-8)5-7-3-1-2-4-10-7/h1-4,6H,5H2. The molecule has 0 unspecified atom stereocenters. The molecule has 4 nitrogen and oxygen atoms in total. The fourth-order valence-electron chi connectivity index (χ4n) is 1.01. The quantitative estimate of drug-likeness (QED) is 0.726. The Balaban J connectivity index is 2.15. The summed E-state index contributed by atoms with van der Waals surface area (Å²) in [5.41, 5.74) is 0.934. The Hall–Kier alpha value is -1.42. The van der Waals surface area contributed by atoms with Crippen molar-refractivity contribution in [2.45, 2.75) is 6.54 Å².